The van der Waals surface area contributed by atoms with Crippen LogP contribution >= 0.6 is 0 Å². The Morgan fingerprint density at radius 2 is 2.05 bits per heavy atom. The summed E-state index contributed by atoms with van der Waals surface area (Å²) in [7, 11) is 0. The molecular weight excluding hydrogens is 264 g/mol. The second-order valence-corrected chi connectivity index (χ2v) is 6.37. The fourth-order valence-electron chi connectivity index (χ4n) is 2.79. The summed E-state index contributed by atoms with van der Waals surface area (Å²) in [5, 5.41) is 20.0. The molecule has 2 N–H and O–H groups in total. The molecule has 3 heteroatoms. The third-order valence-electron chi connectivity index (χ3n) is 4.25. The van der Waals surface area contributed by atoms with Gasteiger partial charge in [-0.05, 0) is 43.1 Å². The van der Waals surface area contributed by atoms with Crippen LogP contribution in [-0.4, -0.2) is 28.2 Å². The summed E-state index contributed by atoms with van der Waals surface area (Å²) in [4.78, 5) is 12.3. The Labute approximate surface area is 127 Å². The quantitative estimate of drug-likeness (QED) is 0.786. The van der Waals surface area contributed by atoms with E-state index in [-0.39, 0.29) is 12.4 Å². The number of allylic oxidation sites excluding steroid dienone is 2. The van der Waals surface area contributed by atoms with Crippen LogP contribution in [0.5, 0.6) is 0 Å². The molecule has 0 saturated carbocycles. The number of carbonyl (C=O) groups is 1. The first-order valence-electron chi connectivity index (χ1n) is 7.46. The van der Waals surface area contributed by atoms with Gasteiger partial charge in [-0.2, -0.15) is 0 Å². The standard InChI is InChI=1S/C18H26O3/c1-6-7-15-14(3)18(21,10-8-13(2)9-11-19)17(4,5)12-16(15)20/h9,19,21H,6-7,11-12H2,1-5H3/b13-9-. The number of rotatable bonds is 3. The molecule has 0 heterocycles. The minimum atomic E-state index is -1.31. The predicted molar refractivity (Wildman–Crippen MR) is 84.6 cm³/mol. The van der Waals surface area contributed by atoms with Gasteiger partial charge in [-0.1, -0.05) is 39.0 Å². The Morgan fingerprint density at radius 3 is 2.57 bits per heavy atom. The molecule has 0 bridgehead atoms. The van der Waals surface area contributed by atoms with Crippen LogP contribution in [0.1, 0.15) is 53.9 Å². The maximum atomic E-state index is 12.3. The lowest BCUT2D eigenvalue weighted by Gasteiger charge is -2.44. The van der Waals surface area contributed by atoms with Crippen molar-refractivity contribution in [2.75, 3.05) is 6.61 Å². The van der Waals surface area contributed by atoms with E-state index in [1.54, 1.807) is 13.0 Å². The maximum absolute atomic E-state index is 12.3. The van der Waals surface area contributed by atoms with Crippen molar-refractivity contribution in [3.05, 3.63) is 22.8 Å². The number of hydrogen-bond acceptors (Lipinski definition) is 3. The van der Waals surface area contributed by atoms with Gasteiger partial charge in [0.05, 0.1) is 6.61 Å². The molecule has 0 aliphatic heterocycles. The Morgan fingerprint density at radius 1 is 1.43 bits per heavy atom. The van der Waals surface area contributed by atoms with E-state index in [9.17, 15) is 9.90 Å². The van der Waals surface area contributed by atoms with Crippen molar-refractivity contribution in [1.29, 1.82) is 0 Å². The number of carbonyl (C=O) groups excluding carboxylic acids is 1. The van der Waals surface area contributed by atoms with Gasteiger partial charge >= 0.3 is 0 Å². The van der Waals surface area contributed by atoms with Gasteiger partial charge < -0.3 is 10.2 Å². The Hall–Kier alpha value is -1.37. The fraction of sp³-hybridized carbons (Fsp3) is 0.611. The van der Waals surface area contributed by atoms with Crippen molar-refractivity contribution >= 4 is 5.78 Å². The van der Waals surface area contributed by atoms with Gasteiger partial charge in [0.2, 0.25) is 0 Å². The van der Waals surface area contributed by atoms with E-state index in [1.165, 1.54) is 0 Å². The summed E-state index contributed by atoms with van der Waals surface area (Å²) in [5.41, 5.74) is 0.171. The van der Waals surface area contributed by atoms with Crippen LogP contribution < -0.4 is 0 Å². The van der Waals surface area contributed by atoms with Gasteiger partial charge in [0.1, 0.15) is 0 Å². The molecule has 0 saturated heterocycles. The van der Waals surface area contributed by atoms with E-state index in [1.807, 2.05) is 27.7 Å². The minimum absolute atomic E-state index is 0.0727. The number of ketones is 1. The Bertz CT molecular complexity index is 541. The lowest BCUT2D eigenvalue weighted by atomic mass is 9.62. The molecule has 0 aromatic carbocycles. The highest BCUT2D eigenvalue weighted by Crippen LogP contribution is 2.46. The highest BCUT2D eigenvalue weighted by molar-refractivity contribution is 5.98. The van der Waals surface area contributed by atoms with E-state index < -0.39 is 11.0 Å². The minimum Gasteiger partial charge on any atom is -0.392 e. The molecule has 1 unspecified atom stereocenters. The largest absolute Gasteiger partial charge is 0.392 e. The van der Waals surface area contributed by atoms with Gasteiger partial charge in [-0.3, -0.25) is 4.79 Å². The summed E-state index contributed by atoms with van der Waals surface area (Å²) in [5.74, 6) is 5.98. The van der Waals surface area contributed by atoms with Gasteiger partial charge in [-0.15, -0.1) is 0 Å². The van der Waals surface area contributed by atoms with Crippen LogP contribution in [0, 0.1) is 17.3 Å². The molecule has 21 heavy (non-hydrogen) atoms. The van der Waals surface area contributed by atoms with E-state index in [0.717, 1.165) is 12.0 Å². The molecule has 0 fully saturated rings. The zero-order valence-electron chi connectivity index (χ0n) is 13.7. The van der Waals surface area contributed by atoms with Crippen molar-refractivity contribution in [2.24, 2.45) is 5.41 Å². The highest BCUT2D eigenvalue weighted by atomic mass is 16.3. The summed E-state index contributed by atoms with van der Waals surface area (Å²) in [6.45, 7) is 9.29. The monoisotopic (exact) mass is 290 g/mol. The van der Waals surface area contributed by atoms with Crippen molar-refractivity contribution in [3.8, 4) is 11.8 Å². The number of Topliss-reactive ketones (excluding diaryl/α,β-unsaturated/α-hetero) is 1. The third-order valence-corrected chi connectivity index (χ3v) is 4.25. The van der Waals surface area contributed by atoms with Crippen molar-refractivity contribution < 1.29 is 15.0 Å². The molecule has 0 aromatic heterocycles. The molecule has 1 rings (SSSR count). The van der Waals surface area contributed by atoms with Crippen molar-refractivity contribution in [1.82, 2.24) is 0 Å². The fourth-order valence-corrected chi connectivity index (χ4v) is 2.79. The summed E-state index contributed by atoms with van der Waals surface area (Å²) < 4.78 is 0. The van der Waals surface area contributed by atoms with Gasteiger partial charge in [0.25, 0.3) is 0 Å². The smallest absolute Gasteiger partial charge is 0.159 e. The molecule has 0 radical (unpaired) electrons. The average molecular weight is 290 g/mol. The SMILES string of the molecule is CCCC1=C(C)C(O)(C#C/C(C)=C\CO)C(C)(C)CC1=O. The lowest BCUT2D eigenvalue weighted by Crippen LogP contribution is -2.50. The van der Waals surface area contributed by atoms with E-state index >= 15 is 0 Å². The number of hydrogen-bond donors (Lipinski definition) is 2. The van der Waals surface area contributed by atoms with Crippen LogP contribution in [-0.2, 0) is 4.79 Å². The molecule has 0 aromatic rings. The van der Waals surface area contributed by atoms with E-state index in [0.29, 0.717) is 24.0 Å². The number of aliphatic hydroxyl groups is 2. The first kappa shape index (κ1) is 17.7. The molecule has 1 aliphatic rings. The molecular formula is C18H26O3. The summed E-state index contributed by atoms with van der Waals surface area (Å²) in [6, 6.07) is 0. The topological polar surface area (TPSA) is 57.5 Å². The second kappa shape index (κ2) is 6.60. The molecule has 3 nitrogen and oxygen atoms in total. The van der Waals surface area contributed by atoms with Gasteiger partial charge in [0.15, 0.2) is 11.4 Å². The maximum Gasteiger partial charge on any atom is 0.159 e. The van der Waals surface area contributed by atoms with Crippen molar-refractivity contribution in [2.45, 2.75) is 59.5 Å². The van der Waals surface area contributed by atoms with Gasteiger partial charge in [-0.25, -0.2) is 0 Å². The second-order valence-electron chi connectivity index (χ2n) is 6.37. The van der Waals surface area contributed by atoms with Crippen LogP contribution in [0.4, 0.5) is 0 Å². The molecule has 1 atom stereocenters. The Kier molecular flexibility index (Phi) is 5.55. The number of aliphatic hydroxyl groups excluding tert-OH is 1. The molecule has 0 amide bonds. The van der Waals surface area contributed by atoms with Crippen LogP contribution in [0.3, 0.4) is 0 Å². The van der Waals surface area contributed by atoms with Crippen molar-refractivity contribution in [3.63, 3.8) is 0 Å². The van der Waals surface area contributed by atoms with E-state index in [2.05, 4.69) is 11.8 Å². The molecule has 0 spiro atoms. The normalized spacial score (nSPS) is 25.7. The molecule has 1 aliphatic carbocycles. The summed E-state index contributed by atoms with van der Waals surface area (Å²) >= 11 is 0. The predicted octanol–water partition coefficient (Wildman–Crippen LogP) is 2.78. The first-order chi connectivity index (χ1) is 9.69. The zero-order chi connectivity index (χ0) is 16.3. The van der Waals surface area contributed by atoms with Crippen LogP contribution in [0.15, 0.2) is 22.8 Å². The van der Waals surface area contributed by atoms with E-state index in [4.69, 9.17) is 5.11 Å². The van der Waals surface area contributed by atoms with Gasteiger partial charge in [0, 0.05) is 11.8 Å². The Balaban J connectivity index is 3.39. The van der Waals surface area contributed by atoms with Crippen LogP contribution in [0.2, 0.25) is 0 Å². The molecule has 116 valence electrons. The summed E-state index contributed by atoms with van der Waals surface area (Å²) in [6.07, 6.45) is 3.44. The first-order valence-corrected chi connectivity index (χ1v) is 7.46. The third kappa shape index (κ3) is 3.45. The highest BCUT2D eigenvalue weighted by Gasteiger charge is 2.49. The zero-order valence-corrected chi connectivity index (χ0v) is 13.7. The van der Waals surface area contributed by atoms with Crippen LogP contribution in [0.25, 0.3) is 0 Å². The lowest BCUT2D eigenvalue weighted by molar-refractivity contribution is -0.122. The average Bonchev–Trinajstić information content (AvgIpc) is 2.39.